The molecular weight excluding hydrogens is 416 g/mol. The van der Waals surface area contributed by atoms with Crippen molar-refractivity contribution in [3.63, 3.8) is 0 Å². The first kappa shape index (κ1) is 32.2. The molecule has 1 unspecified atom stereocenters. The van der Waals surface area contributed by atoms with Gasteiger partial charge in [0.05, 0.1) is 30.4 Å². The first-order valence-electron chi connectivity index (χ1n) is 11.3. The molecule has 1 aliphatic rings. The van der Waals surface area contributed by atoms with Crippen LogP contribution in [0.1, 0.15) is 92.4 Å². The van der Waals surface area contributed by atoms with Crippen LogP contribution in [0.25, 0.3) is 0 Å². The molecule has 0 radical (unpaired) electrons. The standard InChI is InChI=1S/C8H6O4.C8H18O.C6H12O.C2H6O2/c9-7(10)5-3-1-2-4-6(5)8(11)12;1-3-5-6-8(4-2)7-9;7-6-4-2-1-3-5-6;3-1-2-4/h1-4H,(H,9,10)(H,11,12);8-9H,3-7H2,1-2H3;6-7H,1-5H2;3-4H,1-2H2. The highest BCUT2D eigenvalue weighted by molar-refractivity contribution is 6.01. The van der Waals surface area contributed by atoms with E-state index >= 15 is 0 Å². The van der Waals surface area contributed by atoms with Gasteiger partial charge in [-0.1, -0.05) is 64.5 Å². The van der Waals surface area contributed by atoms with E-state index in [9.17, 15) is 9.59 Å². The predicted molar refractivity (Wildman–Crippen MR) is 124 cm³/mol. The number of hydrogen-bond acceptors (Lipinski definition) is 6. The summed E-state index contributed by atoms with van der Waals surface area (Å²) in [4.78, 5) is 20.9. The number of unbranched alkanes of at least 4 members (excludes halogenated alkanes) is 1. The van der Waals surface area contributed by atoms with Crippen LogP contribution < -0.4 is 0 Å². The minimum absolute atomic E-state index is 0.0359. The lowest BCUT2D eigenvalue weighted by molar-refractivity contribution is 0.0651. The second-order valence-electron chi connectivity index (χ2n) is 7.49. The van der Waals surface area contributed by atoms with Crippen molar-refractivity contribution < 1.29 is 40.2 Å². The van der Waals surface area contributed by atoms with Gasteiger partial charge in [0.1, 0.15) is 0 Å². The third-order valence-electron chi connectivity index (χ3n) is 4.86. The lowest BCUT2D eigenvalue weighted by Crippen LogP contribution is -2.09. The Morgan fingerprint density at radius 1 is 0.906 bits per heavy atom. The predicted octanol–water partition coefficient (Wildman–Crippen LogP) is 3.56. The molecule has 1 saturated carbocycles. The van der Waals surface area contributed by atoms with E-state index in [1.54, 1.807) is 0 Å². The Morgan fingerprint density at radius 3 is 1.62 bits per heavy atom. The topological polar surface area (TPSA) is 156 Å². The quantitative estimate of drug-likeness (QED) is 0.345. The Morgan fingerprint density at radius 2 is 1.38 bits per heavy atom. The van der Waals surface area contributed by atoms with Crippen LogP contribution in [0.3, 0.4) is 0 Å². The van der Waals surface area contributed by atoms with E-state index in [2.05, 4.69) is 13.8 Å². The van der Waals surface area contributed by atoms with Crippen LogP contribution in [0.5, 0.6) is 0 Å². The van der Waals surface area contributed by atoms with E-state index in [-0.39, 0.29) is 30.4 Å². The first-order chi connectivity index (χ1) is 15.3. The molecule has 1 fully saturated rings. The zero-order valence-electron chi connectivity index (χ0n) is 19.4. The number of hydrogen-bond donors (Lipinski definition) is 6. The molecule has 8 heteroatoms. The van der Waals surface area contributed by atoms with Crippen molar-refractivity contribution in [2.75, 3.05) is 19.8 Å². The molecule has 1 aromatic rings. The summed E-state index contributed by atoms with van der Waals surface area (Å²) in [7, 11) is 0. The highest BCUT2D eigenvalue weighted by Gasteiger charge is 2.13. The van der Waals surface area contributed by atoms with E-state index in [1.807, 2.05) is 0 Å². The van der Waals surface area contributed by atoms with Gasteiger partial charge < -0.3 is 30.6 Å². The lowest BCUT2D eigenvalue weighted by atomic mass is 9.98. The molecule has 2 rings (SSSR count). The summed E-state index contributed by atoms with van der Waals surface area (Å²) in [5, 5.41) is 50.0. The average molecular weight is 459 g/mol. The number of aliphatic hydroxyl groups is 4. The van der Waals surface area contributed by atoms with Crippen LogP contribution in [0.4, 0.5) is 0 Å². The Balaban J connectivity index is 0. The molecule has 186 valence electrons. The van der Waals surface area contributed by atoms with Gasteiger partial charge in [0.2, 0.25) is 0 Å². The Hall–Kier alpha value is -2.00. The molecule has 6 N–H and O–H groups in total. The minimum atomic E-state index is -1.23. The van der Waals surface area contributed by atoms with Gasteiger partial charge in [-0.05, 0) is 37.3 Å². The van der Waals surface area contributed by atoms with Gasteiger partial charge >= 0.3 is 11.9 Å². The molecule has 0 amide bonds. The summed E-state index contributed by atoms with van der Waals surface area (Å²) >= 11 is 0. The van der Waals surface area contributed by atoms with Gasteiger partial charge in [0, 0.05) is 6.61 Å². The van der Waals surface area contributed by atoms with Crippen molar-refractivity contribution >= 4 is 11.9 Å². The summed E-state index contributed by atoms with van der Waals surface area (Å²) < 4.78 is 0. The molecule has 1 atom stereocenters. The number of aromatic carboxylic acids is 2. The fraction of sp³-hybridized carbons (Fsp3) is 0.667. The van der Waals surface area contributed by atoms with Gasteiger partial charge in [-0.3, -0.25) is 0 Å². The zero-order valence-corrected chi connectivity index (χ0v) is 19.4. The van der Waals surface area contributed by atoms with Crippen LogP contribution in [0.15, 0.2) is 24.3 Å². The van der Waals surface area contributed by atoms with E-state index in [0.29, 0.717) is 12.5 Å². The second kappa shape index (κ2) is 22.2. The minimum Gasteiger partial charge on any atom is -0.478 e. The summed E-state index contributed by atoms with van der Waals surface area (Å²) in [6.07, 6.45) is 10.8. The van der Waals surface area contributed by atoms with E-state index in [0.717, 1.165) is 19.3 Å². The van der Waals surface area contributed by atoms with Crippen LogP contribution in [0.2, 0.25) is 0 Å². The molecule has 0 bridgehead atoms. The van der Waals surface area contributed by atoms with Crippen LogP contribution in [-0.4, -0.2) is 68.5 Å². The molecule has 0 saturated heterocycles. The van der Waals surface area contributed by atoms with E-state index in [1.165, 1.54) is 62.8 Å². The largest absolute Gasteiger partial charge is 0.478 e. The SMILES string of the molecule is CCCCC(CC)CO.O=C(O)c1ccccc1C(=O)O.OC1CCCCC1.OCCO. The number of carboxylic acids is 2. The number of benzene rings is 1. The van der Waals surface area contributed by atoms with Crippen LogP contribution in [0, 0.1) is 5.92 Å². The summed E-state index contributed by atoms with van der Waals surface area (Å²) in [6, 6.07) is 5.48. The normalized spacial score (nSPS) is 13.8. The Kier molecular flexibility index (Phi) is 22.3. The summed E-state index contributed by atoms with van der Waals surface area (Å²) in [5.41, 5.74) is -0.380. The Labute approximate surface area is 191 Å². The number of aliphatic hydroxyl groups excluding tert-OH is 4. The summed E-state index contributed by atoms with van der Waals surface area (Å²) in [6.45, 7) is 4.44. The number of carboxylic acid groups (broad SMARTS) is 2. The molecule has 32 heavy (non-hydrogen) atoms. The third kappa shape index (κ3) is 17.7. The van der Waals surface area contributed by atoms with Gasteiger partial charge in [-0.25, -0.2) is 9.59 Å². The van der Waals surface area contributed by atoms with Crippen molar-refractivity contribution in [2.24, 2.45) is 5.92 Å². The zero-order chi connectivity index (χ0) is 24.8. The van der Waals surface area contributed by atoms with Crippen molar-refractivity contribution in [2.45, 2.75) is 77.7 Å². The maximum Gasteiger partial charge on any atom is 0.336 e. The monoisotopic (exact) mass is 458 g/mol. The molecule has 1 aromatic carbocycles. The smallest absolute Gasteiger partial charge is 0.336 e. The average Bonchev–Trinajstić information content (AvgIpc) is 2.81. The maximum atomic E-state index is 10.5. The van der Waals surface area contributed by atoms with Crippen molar-refractivity contribution in [1.82, 2.24) is 0 Å². The van der Waals surface area contributed by atoms with E-state index in [4.69, 9.17) is 30.6 Å². The van der Waals surface area contributed by atoms with Crippen LogP contribution >= 0.6 is 0 Å². The molecule has 1 aliphatic carbocycles. The van der Waals surface area contributed by atoms with Gasteiger partial charge in [-0.15, -0.1) is 0 Å². The van der Waals surface area contributed by atoms with Crippen molar-refractivity contribution in [3.05, 3.63) is 35.4 Å². The molecule has 0 spiro atoms. The number of carbonyl (C=O) groups is 2. The highest BCUT2D eigenvalue weighted by Crippen LogP contribution is 2.16. The molecule has 0 aliphatic heterocycles. The third-order valence-corrected chi connectivity index (χ3v) is 4.86. The van der Waals surface area contributed by atoms with E-state index < -0.39 is 11.9 Å². The maximum absolute atomic E-state index is 10.5. The first-order valence-corrected chi connectivity index (χ1v) is 11.3. The molecule has 8 nitrogen and oxygen atoms in total. The van der Waals surface area contributed by atoms with Crippen molar-refractivity contribution in [3.8, 4) is 0 Å². The molecule has 0 aromatic heterocycles. The Bertz CT molecular complexity index is 546. The highest BCUT2D eigenvalue weighted by atomic mass is 16.4. The van der Waals surface area contributed by atoms with Crippen LogP contribution in [-0.2, 0) is 0 Å². The molecular formula is C24H42O8. The fourth-order valence-electron chi connectivity index (χ4n) is 2.85. The summed E-state index contributed by atoms with van der Waals surface area (Å²) in [5.74, 6) is -1.90. The second-order valence-corrected chi connectivity index (χ2v) is 7.49. The van der Waals surface area contributed by atoms with Gasteiger partial charge in [0.25, 0.3) is 0 Å². The van der Waals surface area contributed by atoms with Gasteiger partial charge in [0.15, 0.2) is 0 Å². The number of rotatable bonds is 8. The lowest BCUT2D eigenvalue weighted by Gasteiger charge is -2.14. The molecule has 0 heterocycles. The van der Waals surface area contributed by atoms with Gasteiger partial charge in [-0.2, -0.15) is 0 Å². The van der Waals surface area contributed by atoms with Crippen molar-refractivity contribution in [1.29, 1.82) is 0 Å². The fourth-order valence-corrected chi connectivity index (χ4v) is 2.85.